The van der Waals surface area contributed by atoms with Gasteiger partial charge in [0.05, 0.1) is 29.0 Å². The number of benzene rings is 2. The maximum absolute atomic E-state index is 13.0. The van der Waals surface area contributed by atoms with E-state index in [1.54, 1.807) is 10.7 Å². The van der Waals surface area contributed by atoms with E-state index in [0.717, 1.165) is 22.3 Å². The Morgan fingerprint density at radius 3 is 2.70 bits per heavy atom. The third kappa shape index (κ3) is 3.04. The molecule has 3 heterocycles. The van der Waals surface area contributed by atoms with E-state index in [0.29, 0.717) is 16.7 Å². The summed E-state index contributed by atoms with van der Waals surface area (Å²) < 4.78 is 1.67. The number of carbonyl (C=O) groups is 1. The largest absolute Gasteiger partial charge is 0.345 e. The molecule has 2 aromatic carbocycles. The molecule has 30 heavy (non-hydrogen) atoms. The average molecular weight is 398 g/mol. The van der Waals surface area contributed by atoms with Gasteiger partial charge in [-0.15, -0.1) is 0 Å². The van der Waals surface area contributed by atoms with Crippen molar-refractivity contribution in [3.63, 3.8) is 0 Å². The summed E-state index contributed by atoms with van der Waals surface area (Å²) in [6.07, 6.45) is 3.21. The van der Waals surface area contributed by atoms with Crippen LogP contribution >= 0.6 is 0 Å². The van der Waals surface area contributed by atoms with Gasteiger partial charge in [0.1, 0.15) is 5.56 Å². The lowest BCUT2D eigenvalue weighted by atomic mass is 10.1. The van der Waals surface area contributed by atoms with Crippen molar-refractivity contribution in [2.24, 2.45) is 0 Å². The van der Waals surface area contributed by atoms with E-state index in [4.69, 9.17) is 0 Å². The Morgan fingerprint density at radius 2 is 1.87 bits per heavy atom. The van der Waals surface area contributed by atoms with Gasteiger partial charge < -0.3 is 15.3 Å². The maximum atomic E-state index is 13.0. The molecule has 3 aromatic heterocycles. The first-order valence-corrected chi connectivity index (χ1v) is 9.51. The zero-order chi connectivity index (χ0) is 20.7. The van der Waals surface area contributed by atoms with E-state index in [1.165, 1.54) is 6.20 Å². The van der Waals surface area contributed by atoms with Crippen molar-refractivity contribution >= 4 is 22.6 Å². The highest BCUT2D eigenvalue weighted by Crippen LogP contribution is 2.22. The molecule has 8 heteroatoms. The van der Waals surface area contributed by atoms with Crippen LogP contribution in [0.25, 0.3) is 27.9 Å². The van der Waals surface area contributed by atoms with Crippen molar-refractivity contribution in [3.8, 4) is 11.3 Å². The number of hydrogen-bond donors (Lipinski definition) is 3. The molecule has 0 radical (unpaired) electrons. The predicted molar refractivity (Wildman–Crippen MR) is 113 cm³/mol. The fourth-order valence-electron chi connectivity index (χ4n) is 3.56. The maximum Gasteiger partial charge on any atom is 0.323 e. The zero-order valence-electron chi connectivity index (χ0n) is 16.1. The van der Waals surface area contributed by atoms with Crippen LogP contribution in [0.1, 0.15) is 28.9 Å². The number of H-pyrrole nitrogens is 2. The molecular formula is C22H18N6O2. The van der Waals surface area contributed by atoms with Crippen molar-refractivity contribution < 1.29 is 4.79 Å². The second-order valence-electron chi connectivity index (χ2n) is 7.07. The normalized spacial score (nSPS) is 12.3. The summed E-state index contributed by atoms with van der Waals surface area (Å²) in [5, 5.41) is 7.38. The minimum atomic E-state index is -0.271. The number of aromatic amines is 2. The summed E-state index contributed by atoms with van der Waals surface area (Å²) in [5.41, 5.74) is 4.77. The van der Waals surface area contributed by atoms with Crippen LogP contribution in [-0.2, 0) is 0 Å². The molecule has 1 amide bonds. The Bertz CT molecular complexity index is 1430. The molecule has 0 saturated heterocycles. The molecule has 148 valence electrons. The van der Waals surface area contributed by atoms with Crippen molar-refractivity contribution in [2.45, 2.75) is 13.0 Å². The van der Waals surface area contributed by atoms with Crippen LogP contribution in [0.4, 0.5) is 0 Å². The Morgan fingerprint density at radius 1 is 1.07 bits per heavy atom. The summed E-state index contributed by atoms with van der Waals surface area (Å²) in [7, 11) is 0. The molecule has 0 saturated carbocycles. The molecule has 3 N–H and O–H groups in total. The van der Waals surface area contributed by atoms with Crippen LogP contribution in [0, 0.1) is 0 Å². The van der Waals surface area contributed by atoms with E-state index in [2.05, 4.69) is 25.4 Å². The van der Waals surface area contributed by atoms with Crippen LogP contribution in [0.5, 0.6) is 0 Å². The van der Waals surface area contributed by atoms with Crippen LogP contribution in [0.15, 0.2) is 71.8 Å². The fraction of sp³-hybridized carbons (Fsp3) is 0.0909. The van der Waals surface area contributed by atoms with Gasteiger partial charge in [0.15, 0.2) is 5.65 Å². The van der Waals surface area contributed by atoms with Crippen molar-refractivity contribution in [1.82, 2.24) is 29.9 Å². The molecule has 1 unspecified atom stereocenters. The highest BCUT2D eigenvalue weighted by atomic mass is 16.2. The lowest BCUT2D eigenvalue weighted by Gasteiger charge is -2.14. The Kier molecular flexibility index (Phi) is 4.17. The number of imidazole rings is 1. The third-order valence-corrected chi connectivity index (χ3v) is 5.10. The molecule has 8 nitrogen and oxygen atoms in total. The van der Waals surface area contributed by atoms with E-state index in [-0.39, 0.29) is 17.6 Å². The number of hydrogen-bond acceptors (Lipinski definition) is 4. The average Bonchev–Trinajstić information content (AvgIpc) is 3.36. The second-order valence-corrected chi connectivity index (χ2v) is 7.07. The van der Waals surface area contributed by atoms with E-state index in [1.807, 2.05) is 61.5 Å². The number of carbonyl (C=O) groups excluding carboxylic acids is 1. The van der Waals surface area contributed by atoms with Crippen molar-refractivity contribution in [3.05, 3.63) is 88.6 Å². The van der Waals surface area contributed by atoms with Crippen molar-refractivity contribution in [1.29, 1.82) is 0 Å². The fourth-order valence-corrected chi connectivity index (χ4v) is 3.56. The zero-order valence-corrected chi connectivity index (χ0v) is 16.1. The van der Waals surface area contributed by atoms with Gasteiger partial charge in [-0.2, -0.15) is 5.10 Å². The van der Waals surface area contributed by atoms with Gasteiger partial charge in [0.25, 0.3) is 5.91 Å². The minimum Gasteiger partial charge on any atom is -0.345 e. The van der Waals surface area contributed by atoms with Crippen LogP contribution < -0.4 is 11.0 Å². The van der Waals surface area contributed by atoms with Crippen molar-refractivity contribution in [2.75, 3.05) is 0 Å². The first kappa shape index (κ1) is 17.9. The Labute approximate surface area is 170 Å². The molecule has 0 aliphatic carbocycles. The predicted octanol–water partition coefficient (Wildman–Crippen LogP) is 3.06. The second kappa shape index (κ2) is 7.00. The summed E-state index contributed by atoms with van der Waals surface area (Å²) in [4.78, 5) is 34.2. The van der Waals surface area contributed by atoms with E-state index in [9.17, 15) is 9.59 Å². The van der Waals surface area contributed by atoms with Gasteiger partial charge in [-0.25, -0.2) is 14.3 Å². The molecule has 5 rings (SSSR count). The number of fused-ring (bicyclic) bond motifs is 2. The quantitative estimate of drug-likeness (QED) is 0.432. The number of nitrogens with one attached hydrogen (secondary N) is 3. The molecular weight excluding hydrogens is 380 g/mol. The molecule has 5 aromatic rings. The lowest BCUT2D eigenvalue weighted by molar-refractivity contribution is 0.0941. The Hall–Kier alpha value is -4.20. The van der Waals surface area contributed by atoms with E-state index >= 15 is 0 Å². The number of nitrogens with zero attached hydrogens (tertiary/aromatic N) is 3. The first-order valence-electron chi connectivity index (χ1n) is 9.51. The molecule has 1 atom stereocenters. The minimum absolute atomic E-state index is 0.259. The SMILES string of the molecule is CC(NC(=O)c1cnn2c(-c3ccccc3)ccnc12)c1ccc2[nH]c(=O)[nH]c2c1. The smallest absolute Gasteiger partial charge is 0.323 e. The number of aromatic nitrogens is 5. The number of rotatable bonds is 4. The highest BCUT2D eigenvalue weighted by molar-refractivity contribution is 6.00. The first-order chi connectivity index (χ1) is 14.6. The van der Waals surface area contributed by atoms with Gasteiger partial charge in [-0.3, -0.25) is 4.79 Å². The van der Waals surface area contributed by atoms with Gasteiger partial charge in [-0.1, -0.05) is 36.4 Å². The van der Waals surface area contributed by atoms with Gasteiger partial charge in [0.2, 0.25) is 0 Å². The van der Waals surface area contributed by atoms with Crippen LogP contribution in [0.3, 0.4) is 0 Å². The summed E-state index contributed by atoms with van der Waals surface area (Å²) in [6, 6.07) is 17.0. The summed E-state index contributed by atoms with van der Waals surface area (Å²) >= 11 is 0. The van der Waals surface area contributed by atoms with E-state index < -0.39 is 0 Å². The van der Waals surface area contributed by atoms with Gasteiger partial charge >= 0.3 is 5.69 Å². The lowest BCUT2D eigenvalue weighted by Crippen LogP contribution is -2.26. The molecule has 0 aliphatic heterocycles. The number of amides is 1. The summed E-state index contributed by atoms with van der Waals surface area (Å²) in [5.74, 6) is -0.266. The summed E-state index contributed by atoms with van der Waals surface area (Å²) in [6.45, 7) is 1.89. The standard InChI is InChI=1S/C22H18N6O2/c1-13(15-7-8-17-18(11-15)27-22(30)26-17)25-21(29)16-12-24-28-19(9-10-23-20(16)28)14-5-3-2-4-6-14/h2-13H,1H3,(H,25,29)(H2,26,27,30). The molecule has 0 bridgehead atoms. The molecule has 0 fully saturated rings. The third-order valence-electron chi connectivity index (χ3n) is 5.10. The topological polar surface area (TPSA) is 108 Å². The monoisotopic (exact) mass is 398 g/mol. The molecule has 0 aliphatic rings. The van der Waals surface area contributed by atoms with Crippen LogP contribution in [0.2, 0.25) is 0 Å². The molecule has 0 spiro atoms. The highest BCUT2D eigenvalue weighted by Gasteiger charge is 2.18. The van der Waals surface area contributed by atoms with Crippen LogP contribution in [-0.4, -0.2) is 30.5 Å². The van der Waals surface area contributed by atoms with Gasteiger partial charge in [-0.05, 0) is 30.7 Å². The Balaban J connectivity index is 1.45. The van der Waals surface area contributed by atoms with Gasteiger partial charge in [0, 0.05) is 11.8 Å².